The zero-order valence-electron chi connectivity index (χ0n) is 10.3. The van der Waals surface area contributed by atoms with E-state index in [1.54, 1.807) is 16.0 Å². The zero-order chi connectivity index (χ0) is 13.2. The molecule has 0 saturated heterocycles. The predicted octanol–water partition coefficient (Wildman–Crippen LogP) is 2.18. The predicted molar refractivity (Wildman–Crippen MR) is 74.8 cm³/mol. The lowest BCUT2D eigenvalue weighted by Crippen LogP contribution is -2.04. The third-order valence-electron chi connectivity index (χ3n) is 2.70. The van der Waals surface area contributed by atoms with Crippen LogP contribution in [-0.4, -0.2) is 25.1 Å². The molecular weight excluding hydrogens is 280 g/mol. The van der Waals surface area contributed by atoms with Gasteiger partial charge in [0.15, 0.2) is 0 Å². The van der Waals surface area contributed by atoms with E-state index in [-0.39, 0.29) is 6.61 Å². The molecule has 1 N–H and O–H groups in total. The number of aryl methyl sites for hydroxylation is 1. The number of aliphatic hydroxyl groups excluding tert-OH is 1. The average Bonchev–Trinajstić information content (AvgIpc) is 3.10. The van der Waals surface area contributed by atoms with Gasteiger partial charge in [-0.2, -0.15) is 4.68 Å². The molecule has 5 nitrogen and oxygen atoms in total. The van der Waals surface area contributed by atoms with Gasteiger partial charge in [-0.3, -0.25) is 0 Å². The third kappa shape index (κ3) is 2.44. The van der Waals surface area contributed by atoms with Gasteiger partial charge in [0.05, 0.1) is 18.0 Å². The second kappa shape index (κ2) is 5.20. The topological polar surface area (TPSA) is 63.8 Å². The number of aromatic nitrogens is 4. The maximum absolute atomic E-state index is 9.38. The number of aliphatic hydroxyl groups is 1. The number of nitrogens with zero attached hydrogens (tertiary/aromatic N) is 4. The van der Waals surface area contributed by atoms with Crippen LogP contribution in [0.4, 0.5) is 0 Å². The Kier molecular flexibility index (Phi) is 3.41. The van der Waals surface area contributed by atoms with Crippen LogP contribution in [-0.2, 0) is 13.0 Å². The standard InChI is InChI=1S/C12H12N4OS2/c1-8-7-19-12(13-8)16-11(10(6-17)14-15-16)5-9-3-2-4-18-9/h2-4,7,17H,5-6H2,1H3. The van der Waals surface area contributed by atoms with Crippen molar-refractivity contribution >= 4 is 22.7 Å². The molecule has 0 saturated carbocycles. The van der Waals surface area contributed by atoms with Crippen molar-refractivity contribution in [1.29, 1.82) is 0 Å². The van der Waals surface area contributed by atoms with Gasteiger partial charge in [0.25, 0.3) is 0 Å². The highest BCUT2D eigenvalue weighted by Gasteiger charge is 2.16. The van der Waals surface area contributed by atoms with Crippen LogP contribution in [0.25, 0.3) is 5.13 Å². The number of hydrogen-bond acceptors (Lipinski definition) is 6. The number of rotatable bonds is 4. The SMILES string of the molecule is Cc1csc(-n2nnc(CO)c2Cc2cccs2)n1. The van der Waals surface area contributed by atoms with E-state index in [1.807, 2.05) is 23.8 Å². The fourth-order valence-corrected chi connectivity index (χ4v) is 3.28. The fraction of sp³-hybridized carbons (Fsp3) is 0.250. The molecule has 0 aromatic carbocycles. The summed E-state index contributed by atoms with van der Waals surface area (Å²) in [5, 5.41) is 22.3. The highest BCUT2D eigenvalue weighted by Crippen LogP contribution is 2.21. The molecule has 3 aromatic heterocycles. The quantitative estimate of drug-likeness (QED) is 0.800. The second-order valence-electron chi connectivity index (χ2n) is 4.08. The Balaban J connectivity index is 2.03. The van der Waals surface area contributed by atoms with Crippen LogP contribution in [0.2, 0.25) is 0 Å². The van der Waals surface area contributed by atoms with Crippen LogP contribution in [0.15, 0.2) is 22.9 Å². The van der Waals surface area contributed by atoms with Crippen LogP contribution in [0.3, 0.4) is 0 Å². The Hall–Kier alpha value is -1.57. The zero-order valence-corrected chi connectivity index (χ0v) is 11.9. The van der Waals surface area contributed by atoms with Gasteiger partial charge in [0.2, 0.25) is 5.13 Å². The third-order valence-corrected chi connectivity index (χ3v) is 4.51. The smallest absolute Gasteiger partial charge is 0.212 e. The van der Waals surface area contributed by atoms with Gasteiger partial charge in [-0.15, -0.1) is 27.8 Å². The first-order chi connectivity index (χ1) is 9.28. The monoisotopic (exact) mass is 292 g/mol. The Morgan fingerprint density at radius 3 is 2.89 bits per heavy atom. The molecule has 0 amide bonds. The summed E-state index contributed by atoms with van der Waals surface area (Å²) in [5.41, 5.74) is 2.48. The lowest BCUT2D eigenvalue weighted by atomic mass is 10.2. The first-order valence-corrected chi connectivity index (χ1v) is 7.53. The fourth-order valence-electron chi connectivity index (χ4n) is 1.80. The number of thiazole rings is 1. The van der Waals surface area contributed by atoms with Crippen LogP contribution >= 0.6 is 22.7 Å². The molecule has 0 bridgehead atoms. The van der Waals surface area contributed by atoms with Crippen molar-refractivity contribution in [2.75, 3.05) is 0 Å². The summed E-state index contributed by atoms with van der Waals surface area (Å²) in [7, 11) is 0. The molecule has 0 atom stereocenters. The van der Waals surface area contributed by atoms with Crippen LogP contribution in [0, 0.1) is 6.92 Å². The summed E-state index contributed by atoms with van der Waals surface area (Å²) in [6.45, 7) is 1.84. The number of thiophene rings is 1. The lowest BCUT2D eigenvalue weighted by molar-refractivity contribution is 0.275. The first kappa shape index (κ1) is 12.5. The van der Waals surface area contributed by atoms with E-state index in [9.17, 15) is 5.11 Å². The molecule has 0 aliphatic heterocycles. The van der Waals surface area contributed by atoms with Crippen molar-refractivity contribution in [3.05, 3.63) is 44.9 Å². The van der Waals surface area contributed by atoms with E-state index < -0.39 is 0 Å². The molecule has 0 fully saturated rings. The Morgan fingerprint density at radius 1 is 1.37 bits per heavy atom. The van der Waals surface area contributed by atoms with Gasteiger partial charge in [-0.25, -0.2) is 4.98 Å². The molecule has 0 aliphatic rings. The normalized spacial score (nSPS) is 11.1. The highest BCUT2D eigenvalue weighted by molar-refractivity contribution is 7.12. The highest BCUT2D eigenvalue weighted by atomic mass is 32.1. The van der Waals surface area contributed by atoms with Gasteiger partial charge in [0, 0.05) is 16.7 Å². The Bertz CT molecular complexity index is 672. The number of hydrogen-bond donors (Lipinski definition) is 1. The molecular formula is C12H12N4OS2. The summed E-state index contributed by atoms with van der Waals surface area (Å²) in [4.78, 5) is 5.63. The molecule has 0 aliphatic carbocycles. The largest absolute Gasteiger partial charge is 0.390 e. The van der Waals surface area contributed by atoms with E-state index in [4.69, 9.17) is 0 Å². The van der Waals surface area contributed by atoms with Crippen molar-refractivity contribution in [3.63, 3.8) is 0 Å². The minimum Gasteiger partial charge on any atom is -0.390 e. The summed E-state index contributed by atoms with van der Waals surface area (Å²) in [6, 6.07) is 4.08. The van der Waals surface area contributed by atoms with Gasteiger partial charge in [-0.1, -0.05) is 11.3 Å². The maximum atomic E-state index is 9.38. The van der Waals surface area contributed by atoms with Crippen molar-refractivity contribution in [2.24, 2.45) is 0 Å². The molecule has 7 heteroatoms. The summed E-state index contributed by atoms with van der Waals surface area (Å²) in [5.74, 6) is 0. The van der Waals surface area contributed by atoms with Crippen molar-refractivity contribution in [2.45, 2.75) is 20.0 Å². The van der Waals surface area contributed by atoms with Crippen LogP contribution in [0.5, 0.6) is 0 Å². The van der Waals surface area contributed by atoms with Gasteiger partial charge in [-0.05, 0) is 18.4 Å². The average molecular weight is 292 g/mol. The lowest BCUT2D eigenvalue weighted by Gasteiger charge is -2.03. The Labute approximate surface area is 118 Å². The van der Waals surface area contributed by atoms with E-state index >= 15 is 0 Å². The van der Waals surface area contributed by atoms with Gasteiger partial charge < -0.3 is 5.11 Å². The minimum atomic E-state index is -0.106. The maximum Gasteiger partial charge on any atom is 0.212 e. The molecule has 3 heterocycles. The van der Waals surface area contributed by atoms with E-state index in [2.05, 4.69) is 21.4 Å². The van der Waals surface area contributed by atoms with E-state index in [0.29, 0.717) is 12.1 Å². The Morgan fingerprint density at radius 2 is 2.26 bits per heavy atom. The molecule has 19 heavy (non-hydrogen) atoms. The van der Waals surface area contributed by atoms with Crippen LogP contribution in [0.1, 0.15) is 22.0 Å². The molecule has 98 valence electrons. The second-order valence-corrected chi connectivity index (χ2v) is 5.95. The van der Waals surface area contributed by atoms with Gasteiger partial charge >= 0.3 is 0 Å². The van der Waals surface area contributed by atoms with Crippen LogP contribution < -0.4 is 0 Å². The minimum absolute atomic E-state index is 0.106. The molecule has 0 unspecified atom stereocenters. The van der Waals surface area contributed by atoms with Crippen molar-refractivity contribution < 1.29 is 5.11 Å². The summed E-state index contributed by atoms with van der Waals surface area (Å²) >= 11 is 3.21. The van der Waals surface area contributed by atoms with Crippen molar-refractivity contribution in [3.8, 4) is 5.13 Å². The van der Waals surface area contributed by atoms with Gasteiger partial charge in [0.1, 0.15) is 5.69 Å². The molecule has 3 aromatic rings. The first-order valence-electron chi connectivity index (χ1n) is 5.77. The molecule has 0 radical (unpaired) electrons. The summed E-state index contributed by atoms with van der Waals surface area (Å²) < 4.78 is 1.73. The molecule has 0 spiro atoms. The van der Waals surface area contributed by atoms with E-state index in [0.717, 1.165) is 16.5 Å². The summed E-state index contributed by atoms with van der Waals surface area (Å²) in [6.07, 6.45) is 0.708. The van der Waals surface area contributed by atoms with Crippen molar-refractivity contribution in [1.82, 2.24) is 20.0 Å². The molecule has 3 rings (SSSR count). The van der Waals surface area contributed by atoms with E-state index in [1.165, 1.54) is 16.2 Å².